The summed E-state index contributed by atoms with van der Waals surface area (Å²) < 4.78 is 1.89. The molecule has 0 aromatic heterocycles. The van der Waals surface area contributed by atoms with Gasteiger partial charge in [-0.15, -0.1) is 0 Å². The summed E-state index contributed by atoms with van der Waals surface area (Å²) in [6, 6.07) is 0. The van der Waals surface area contributed by atoms with Gasteiger partial charge in [0.05, 0.1) is 0 Å². The molecule has 18 valence electrons. The first-order valence-corrected chi connectivity index (χ1v) is 1.72. The van der Waals surface area contributed by atoms with Crippen LogP contribution in [0.25, 0.3) is 0 Å². The van der Waals surface area contributed by atoms with Gasteiger partial charge in [-0.05, 0) is 0 Å². The molecule has 0 aromatic carbocycles. The Morgan fingerprint density at radius 1 is 1.60 bits per heavy atom. The van der Waals surface area contributed by atoms with Gasteiger partial charge in [-0.2, -0.15) is 0 Å². The number of nitriles is 1. The van der Waals surface area contributed by atoms with Crippen LogP contribution in [0.4, 0.5) is 0 Å². The topological polar surface area (TPSA) is 23.8 Å². The fourth-order valence-electron chi connectivity index (χ4n) is 0. The number of hydrogen-bond acceptors (Lipinski definition) is 2. The van der Waals surface area contributed by atoms with Crippen LogP contribution < -0.4 is 29.6 Å². The van der Waals surface area contributed by atoms with Crippen molar-refractivity contribution in [2.75, 3.05) is 0 Å². The molecule has 0 fully saturated rings. The van der Waals surface area contributed by atoms with Crippen molar-refractivity contribution in [3.05, 3.63) is 0 Å². The molecule has 4 heteroatoms. The van der Waals surface area contributed by atoms with Crippen molar-refractivity contribution in [2.45, 2.75) is 0 Å². The molecule has 0 bridgehead atoms. The molecule has 0 spiro atoms. The fraction of sp³-hybridized carbons (Fsp3) is 0. The van der Waals surface area contributed by atoms with Gasteiger partial charge in [0.25, 0.3) is 0 Å². The number of hydrogen-bond donors (Lipinski definition) is 0. The van der Waals surface area contributed by atoms with Crippen molar-refractivity contribution in [2.24, 2.45) is 0 Å². The third-order valence-corrected chi connectivity index (χ3v) is 0. The molecule has 0 aromatic rings. The minimum Gasteiger partial charge on any atom is -0.813 e. The average molecular weight is 105 g/mol. The molecule has 1 nitrogen and oxygen atoms in total. The van der Waals surface area contributed by atoms with Gasteiger partial charge >= 0.3 is 66.1 Å². The van der Waals surface area contributed by atoms with Crippen LogP contribution in [0, 0.1) is 8.58 Å². The van der Waals surface area contributed by atoms with Gasteiger partial charge in [-0.3, -0.25) is 0 Å². The Morgan fingerprint density at radius 2 is 1.60 bits per heavy atom. The molecule has 5 heavy (non-hydrogen) atoms. The van der Waals surface area contributed by atoms with Gasteiger partial charge in [0, 0.05) is 0 Å². The quantitative estimate of drug-likeness (QED) is 0.180. The summed E-state index contributed by atoms with van der Waals surface area (Å²) in [7, 11) is 0. The zero-order valence-electron chi connectivity index (χ0n) is 3.39. The number of nitrogens with zero attached hydrogens (tertiary/aromatic N) is 1. The van der Waals surface area contributed by atoms with Crippen molar-refractivity contribution < 1.29 is 29.6 Å². The maximum Gasteiger partial charge on any atom is 1.00 e. The van der Waals surface area contributed by atoms with E-state index >= 15 is 0 Å². The third kappa shape index (κ3) is 25.4. The van der Waals surface area contributed by atoms with Crippen LogP contribution in [0.1, 0.15) is 0 Å². The first-order chi connectivity index (χ1) is 1.41. The van der Waals surface area contributed by atoms with Crippen LogP contribution in [0.2, 0.25) is 0 Å². The second-order valence-corrected chi connectivity index (χ2v) is 0.671. The average Bonchev–Trinajstić information content (AvgIpc) is 0.918. The second-order valence-electron chi connectivity index (χ2n) is 0.224. The summed E-state index contributed by atoms with van der Waals surface area (Å²) in [5.41, 5.74) is 0. The first kappa shape index (κ1) is 15.8. The zero-order valence-corrected chi connectivity index (χ0v) is 8.29. The molecule has 0 rings (SSSR count). The van der Waals surface area contributed by atoms with E-state index < -0.39 is 0 Å². The molecule has 0 heterocycles. The predicted molar refractivity (Wildman–Crippen MR) is 20.1 cm³/mol. The monoisotopic (exact) mass is 105 g/mol. The van der Waals surface area contributed by atoms with Crippen LogP contribution >= 0.6 is 0 Å². The summed E-state index contributed by atoms with van der Waals surface area (Å²) in [6.45, 7) is 0. The molecule has 0 amide bonds. The van der Waals surface area contributed by atoms with E-state index in [1.807, 2.05) is 3.32 Å². The van der Waals surface area contributed by atoms with E-state index in [0.717, 1.165) is 0 Å². The van der Waals surface area contributed by atoms with Crippen molar-refractivity contribution in [3.8, 4) is 3.32 Å². The van der Waals surface area contributed by atoms with Gasteiger partial charge in [0.1, 0.15) is 0 Å². The van der Waals surface area contributed by atoms with E-state index in [9.17, 15) is 0 Å². The Morgan fingerprint density at radius 3 is 1.60 bits per heavy atom. The van der Waals surface area contributed by atoms with E-state index in [0.29, 0.717) is 27.9 Å². The summed E-state index contributed by atoms with van der Waals surface area (Å²) in [5.74, 6) is 0. The van der Waals surface area contributed by atoms with E-state index in [1.54, 1.807) is 0 Å². The van der Waals surface area contributed by atoms with Crippen molar-refractivity contribution in [3.63, 3.8) is 0 Å². The second kappa shape index (κ2) is 17.0. The van der Waals surface area contributed by atoms with E-state index in [2.05, 4.69) is 0 Å². The van der Waals surface area contributed by atoms with Crippen molar-refractivity contribution >= 4 is 41.4 Å². The molecular weight excluding hydrogens is 104 g/mol. The minimum absolute atomic E-state index is 0. The Kier molecular flexibility index (Phi) is 53.7. The van der Waals surface area contributed by atoms with Gasteiger partial charge in [0.2, 0.25) is 0 Å². The Hall–Kier alpha value is 1.84. The fourth-order valence-corrected chi connectivity index (χ4v) is 0. The predicted octanol–water partition coefficient (Wildman–Crippen LogP) is -3.63. The normalized spacial score (nSPS) is 1.80. The third-order valence-electron chi connectivity index (χ3n) is 0. The summed E-state index contributed by atoms with van der Waals surface area (Å²) in [5, 5.41) is 7.38. The molecule has 0 atom stereocenters. The van der Waals surface area contributed by atoms with Crippen LogP contribution in [-0.2, 0) is 13.5 Å². The van der Waals surface area contributed by atoms with Crippen LogP contribution in [0.3, 0.4) is 0 Å². The van der Waals surface area contributed by atoms with Gasteiger partial charge < -0.3 is 13.5 Å². The van der Waals surface area contributed by atoms with E-state index in [4.69, 9.17) is 5.26 Å². The SMILES string of the molecule is N#[C][Na].[Na+].[SH-]. The Balaban J connectivity index is -0.0000000200. The molecule has 0 aliphatic heterocycles. The molecule has 0 unspecified atom stereocenters. The number of rotatable bonds is 0. The van der Waals surface area contributed by atoms with Crippen LogP contribution in [0.15, 0.2) is 0 Å². The molecule has 0 radical (unpaired) electrons. The van der Waals surface area contributed by atoms with E-state index in [-0.39, 0.29) is 43.1 Å². The minimum atomic E-state index is 0. The van der Waals surface area contributed by atoms with Crippen LogP contribution in [0.5, 0.6) is 0 Å². The molecule has 0 N–H and O–H groups in total. The van der Waals surface area contributed by atoms with Crippen molar-refractivity contribution in [1.29, 1.82) is 5.26 Å². The summed E-state index contributed by atoms with van der Waals surface area (Å²) >= 11 is 0.674. The zero-order chi connectivity index (χ0) is 2.71. The summed E-state index contributed by atoms with van der Waals surface area (Å²) in [4.78, 5) is 0. The standard InChI is InChI=1S/CN.2Na.H2S/c1-2;;;/h;;;1H2/q;;+1;/p-1. The molecule has 0 aliphatic rings. The Labute approximate surface area is 78.3 Å². The van der Waals surface area contributed by atoms with Crippen LogP contribution in [-0.4, -0.2) is 27.9 Å². The maximum absolute atomic E-state index is 7.38. The van der Waals surface area contributed by atoms with Gasteiger partial charge in [0.15, 0.2) is 0 Å². The molecule has 0 aliphatic carbocycles. The first-order valence-electron chi connectivity index (χ1n) is 0.724. The molecular formula is CHNNa2S. The van der Waals surface area contributed by atoms with E-state index in [1.165, 1.54) is 0 Å². The Bertz CT molecular complexity index is 31.1. The smallest absolute Gasteiger partial charge is 0.813 e. The molecule has 0 saturated carbocycles. The largest absolute Gasteiger partial charge is 1.00 e. The number of thiol groups is 1. The molecule has 0 saturated heterocycles. The van der Waals surface area contributed by atoms with Gasteiger partial charge in [-0.25, -0.2) is 0 Å². The van der Waals surface area contributed by atoms with Gasteiger partial charge in [-0.1, -0.05) is 0 Å². The summed E-state index contributed by atoms with van der Waals surface area (Å²) in [6.07, 6.45) is 0. The maximum atomic E-state index is 7.38. The van der Waals surface area contributed by atoms with Crippen molar-refractivity contribution in [1.82, 2.24) is 0 Å².